The summed E-state index contributed by atoms with van der Waals surface area (Å²) in [6.45, 7) is 0. The highest BCUT2D eigenvalue weighted by Crippen LogP contribution is 2.03. The Bertz CT molecular complexity index is 573. The van der Waals surface area contributed by atoms with Gasteiger partial charge in [-0.2, -0.15) is 0 Å². The maximum absolute atomic E-state index is 11.1. The number of H-pyrrole nitrogens is 1. The van der Waals surface area contributed by atoms with Crippen LogP contribution in [0.5, 0.6) is 0 Å². The van der Waals surface area contributed by atoms with Gasteiger partial charge < -0.3 is 10.8 Å². The van der Waals surface area contributed by atoms with Crippen LogP contribution in [0.25, 0.3) is 11.0 Å². The molecule has 0 aliphatic carbocycles. The van der Waals surface area contributed by atoms with Crippen LogP contribution in [0.2, 0.25) is 0 Å². The molecule has 0 saturated heterocycles. The van der Waals surface area contributed by atoms with Gasteiger partial charge in [-0.3, -0.25) is 9.59 Å². The van der Waals surface area contributed by atoms with Gasteiger partial charge in [0.1, 0.15) is 0 Å². The number of fused-ring (bicyclic) bond motifs is 1. The molecule has 0 saturated carbocycles. The molecule has 5 nitrogen and oxygen atoms in total. The molecule has 1 aromatic carbocycles. The first-order valence-electron chi connectivity index (χ1n) is 3.69. The van der Waals surface area contributed by atoms with Crippen molar-refractivity contribution in [2.24, 2.45) is 0 Å². The third kappa shape index (κ3) is 1.38. The molecule has 74 valence electrons. The maximum atomic E-state index is 11.1. The fraction of sp³-hybridized carbons (Fsp3) is 0. The van der Waals surface area contributed by atoms with E-state index in [0.717, 1.165) is 4.68 Å². The Morgan fingerprint density at radius 2 is 1.86 bits per heavy atom. The molecule has 0 fully saturated rings. The Morgan fingerprint density at radius 1 is 1.21 bits per heavy atom. The van der Waals surface area contributed by atoms with Crippen LogP contribution in [0.3, 0.4) is 0 Å². The molecule has 0 amide bonds. The Hall–Kier alpha value is -1.75. The van der Waals surface area contributed by atoms with E-state index in [9.17, 15) is 9.59 Å². The SMILES string of the molecule is Cl.Nn1c(=O)c(=O)[nH]c2ccccc21. The number of nitrogen functional groups attached to an aromatic ring is 1. The van der Waals surface area contributed by atoms with Crippen molar-refractivity contribution < 1.29 is 0 Å². The third-order valence-electron chi connectivity index (χ3n) is 1.82. The molecule has 0 atom stereocenters. The minimum atomic E-state index is -0.751. The molecule has 3 N–H and O–H groups in total. The summed E-state index contributed by atoms with van der Waals surface area (Å²) in [4.78, 5) is 24.5. The van der Waals surface area contributed by atoms with Gasteiger partial charge in [-0.05, 0) is 12.1 Å². The smallest absolute Gasteiger partial charge is 0.334 e. The van der Waals surface area contributed by atoms with Crippen LogP contribution in [0, 0.1) is 0 Å². The third-order valence-corrected chi connectivity index (χ3v) is 1.82. The number of halogens is 1. The minimum absolute atomic E-state index is 0. The molecule has 2 rings (SSSR count). The molecular weight excluding hydrogens is 206 g/mol. The molecule has 0 spiro atoms. The molecular formula is C8H8ClN3O2. The second kappa shape index (κ2) is 3.55. The zero-order valence-electron chi connectivity index (χ0n) is 7.06. The molecule has 6 heteroatoms. The van der Waals surface area contributed by atoms with E-state index in [-0.39, 0.29) is 12.4 Å². The van der Waals surface area contributed by atoms with E-state index in [2.05, 4.69) is 4.98 Å². The second-order valence-corrected chi connectivity index (χ2v) is 2.65. The van der Waals surface area contributed by atoms with E-state index in [1.807, 2.05) is 0 Å². The first-order chi connectivity index (χ1) is 6.20. The molecule has 0 unspecified atom stereocenters. The fourth-order valence-electron chi connectivity index (χ4n) is 1.18. The summed E-state index contributed by atoms with van der Waals surface area (Å²) in [6, 6.07) is 6.83. The molecule has 1 heterocycles. The zero-order valence-corrected chi connectivity index (χ0v) is 7.88. The van der Waals surface area contributed by atoms with E-state index < -0.39 is 11.1 Å². The number of hydrogen-bond donors (Lipinski definition) is 2. The molecule has 0 radical (unpaired) electrons. The Morgan fingerprint density at radius 3 is 2.57 bits per heavy atom. The Kier molecular flexibility index (Phi) is 2.62. The van der Waals surface area contributed by atoms with Crippen LogP contribution in [0.15, 0.2) is 33.9 Å². The van der Waals surface area contributed by atoms with Crippen LogP contribution in [-0.4, -0.2) is 9.66 Å². The Labute approximate surface area is 84.5 Å². The van der Waals surface area contributed by atoms with Crippen LogP contribution in [0.4, 0.5) is 0 Å². The van der Waals surface area contributed by atoms with Crippen LogP contribution < -0.4 is 17.0 Å². The predicted octanol–water partition coefficient (Wildman–Crippen LogP) is -0.175. The van der Waals surface area contributed by atoms with Crippen molar-refractivity contribution in [1.82, 2.24) is 9.66 Å². The van der Waals surface area contributed by atoms with Gasteiger partial charge >= 0.3 is 11.1 Å². The maximum Gasteiger partial charge on any atom is 0.334 e. The zero-order chi connectivity index (χ0) is 9.42. The van der Waals surface area contributed by atoms with Gasteiger partial charge in [0, 0.05) is 0 Å². The normalized spacial score (nSPS) is 9.71. The highest BCUT2D eigenvalue weighted by molar-refractivity contribution is 5.85. The number of para-hydroxylation sites is 2. The largest absolute Gasteiger partial charge is 0.336 e. The van der Waals surface area contributed by atoms with Gasteiger partial charge in [0.2, 0.25) is 0 Å². The van der Waals surface area contributed by atoms with Crippen LogP contribution in [0.1, 0.15) is 0 Å². The van der Waals surface area contributed by atoms with Crippen molar-refractivity contribution in [3.63, 3.8) is 0 Å². The van der Waals surface area contributed by atoms with E-state index in [0.29, 0.717) is 11.0 Å². The van der Waals surface area contributed by atoms with Crippen LogP contribution >= 0.6 is 12.4 Å². The van der Waals surface area contributed by atoms with Crippen molar-refractivity contribution in [1.29, 1.82) is 0 Å². The lowest BCUT2D eigenvalue weighted by molar-refractivity contribution is 0.942. The standard InChI is InChI=1S/C8H7N3O2.ClH/c9-11-6-4-2-1-3-5(6)10-7(12)8(11)13;/h1-4H,9H2,(H,10,12);1H. The quantitative estimate of drug-likeness (QED) is 0.471. The van der Waals surface area contributed by atoms with Crippen molar-refractivity contribution >= 4 is 23.4 Å². The van der Waals surface area contributed by atoms with E-state index in [1.165, 1.54) is 0 Å². The molecule has 14 heavy (non-hydrogen) atoms. The van der Waals surface area contributed by atoms with Crippen molar-refractivity contribution in [2.45, 2.75) is 0 Å². The number of hydrogen-bond acceptors (Lipinski definition) is 3. The number of rotatable bonds is 0. The van der Waals surface area contributed by atoms with Crippen LogP contribution in [-0.2, 0) is 0 Å². The van der Waals surface area contributed by atoms with Gasteiger partial charge in [0.15, 0.2) is 0 Å². The average molecular weight is 214 g/mol. The first-order valence-corrected chi connectivity index (χ1v) is 3.69. The monoisotopic (exact) mass is 213 g/mol. The summed E-state index contributed by atoms with van der Waals surface area (Å²) in [5.74, 6) is 5.40. The number of aromatic nitrogens is 2. The molecule has 1 aromatic heterocycles. The van der Waals surface area contributed by atoms with E-state index >= 15 is 0 Å². The van der Waals surface area contributed by atoms with Gasteiger partial charge in [-0.15, -0.1) is 12.4 Å². The number of nitrogens with two attached hydrogens (primary N) is 1. The van der Waals surface area contributed by atoms with Crippen molar-refractivity contribution in [3.8, 4) is 0 Å². The summed E-state index contributed by atoms with van der Waals surface area (Å²) in [6.07, 6.45) is 0. The summed E-state index contributed by atoms with van der Waals surface area (Å²) < 4.78 is 0.841. The number of aromatic amines is 1. The van der Waals surface area contributed by atoms with Gasteiger partial charge in [-0.25, -0.2) is 4.68 Å². The number of benzene rings is 1. The average Bonchev–Trinajstić information content (AvgIpc) is 2.15. The number of nitrogens with zero attached hydrogens (tertiary/aromatic N) is 1. The molecule has 2 aromatic rings. The number of nitrogens with one attached hydrogen (secondary N) is 1. The first kappa shape index (κ1) is 10.3. The predicted molar refractivity (Wildman–Crippen MR) is 56.2 cm³/mol. The molecule has 0 bridgehead atoms. The highest BCUT2D eigenvalue weighted by Gasteiger charge is 2.02. The van der Waals surface area contributed by atoms with Gasteiger partial charge in [0.05, 0.1) is 11.0 Å². The van der Waals surface area contributed by atoms with Crippen molar-refractivity contribution in [2.75, 3.05) is 5.84 Å². The topological polar surface area (TPSA) is 80.9 Å². The molecule has 0 aliphatic rings. The highest BCUT2D eigenvalue weighted by atomic mass is 35.5. The molecule has 0 aliphatic heterocycles. The lowest BCUT2D eigenvalue weighted by Crippen LogP contribution is -2.40. The Balaban J connectivity index is 0.000000980. The van der Waals surface area contributed by atoms with Gasteiger partial charge in [-0.1, -0.05) is 12.1 Å². The lowest BCUT2D eigenvalue weighted by atomic mass is 10.3. The van der Waals surface area contributed by atoms with Crippen molar-refractivity contribution in [3.05, 3.63) is 45.0 Å². The van der Waals surface area contributed by atoms with E-state index in [4.69, 9.17) is 5.84 Å². The summed E-state index contributed by atoms with van der Waals surface area (Å²) in [7, 11) is 0. The summed E-state index contributed by atoms with van der Waals surface area (Å²) >= 11 is 0. The summed E-state index contributed by atoms with van der Waals surface area (Å²) in [5.41, 5.74) is -0.401. The lowest BCUT2D eigenvalue weighted by Gasteiger charge is -2.01. The fourth-order valence-corrected chi connectivity index (χ4v) is 1.18. The van der Waals surface area contributed by atoms with Gasteiger partial charge in [0.25, 0.3) is 0 Å². The second-order valence-electron chi connectivity index (χ2n) is 2.65. The summed E-state index contributed by atoms with van der Waals surface area (Å²) in [5, 5.41) is 0. The van der Waals surface area contributed by atoms with E-state index in [1.54, 1.807) is 24.3 Å². The minimum Gasteiger partial charge on any atom is -0.336 e.